The second-order valence-electron chi connectivity index (χ2n) is 3.90. The second-order valence-corrected chi connectivity index (χ2v) is 3.90. The first kappa shape index (κ1) is 11.6. The van der Waals surface area contributed by atoms with Crippen LogP contribution in [0.1, 0.15) is 23.9 Å². The van der Waals surface area contributed by atoms with E-state index in [0.29, 0.717) is 6.54 Å². The second kappa shape index (κ2) is 4.33. The Morgan fingerprint density at radius 1 is 1.53 bits per heavy atom. The Kier molecular flexibility index (Phi) is 3.34. The number of hydrogen-bond donors (Lipinski definition) is 2. The van der Waals surface area contributed by atoms with Crippen molar-refractivity contribution in [2.45, 2.75) is 34.2 Å². The van der Waals surface area contributed by atoms with Crippen LogP contribution in [0.5, 0.6) is 0 Å². The minimum atomic E-state index is -0.0209. The van der Waals surface area contributed by atoms with Gasteiger partial charge in [-0.25, -0.2) is 0 Å². The van der Waals surface area contributed by atoms with Crippen LogP contribution in [-0.2, 0) is 6.54 Å². The van der Waals surface area contributed by atoms with Crippen LogP contribution in [-0.4, -0.2) is 20.8 Å². The highest BCUT2D eigenvalue weighted by molar-refractivity contribution is 5.81. The third-order valence-corrected chi connectivity index (χ3v) is 2.81. The molecule has 0 radical (unpaired) electrons. The summed E-state index contributed by atoms with van der Waals surface area (Å²) >= 11 is 0. The van der Waals surface area contributed by atoms with Gasteiger partial charge >= 0.3 is 0 Å². The van der Waals surface area contributed by atoms with Crippen molar-refractivity contribution in [1.29, 1.82) is 0 Å². The molecule has 0 spiro atoms. The number of nitrogens with two attached hydrogens (primary N) is 1. The maximum Gasteiger partial charge on any atom is 0.143 e. The third kappa shape index (κ3) is 2.29. The highest BCUT2D eigenvalue weighted by atomic mass is 16.4. The molecule has 0 fully saturated rings. The molecule has 0 aliphatic rings. The van der Waals surface area contributed by atoms with Crippen LogP contribution in [0.3, 0.4) is 0 Å². The van der Waals surface area contributed by atoms with Gasteiger partial charge in [-0.2, -0.15) is 5.10 Å². The number of hydrogen-bond acceptors (Lipinski definition) is 3. The molecule has 0 aliphatic carbocycles. The van der Waals surface area contributed by atoms with Crippen LogP contribution < -0.4 is 5.73 Å². The lowest BCUT2D eigenvalue weighted by molar-refractivity contribution is 0.312. The van der Waals surface area contributed by atoms with Gasteiger partial charge in [0.05, 0.1) is 12.2 Å². The minimum absolute atomic E-state index is 0.0209. The Labute approximate surface area is 89.6 Å². The number of amidine groups is 1. The molecular formula is C10H18N4O. The molecule has 0 amide bonds. The molecule has 84 valence electrons. The van der Waals surface area contributed by atoms with Crippen molar-refractivity contribution >= 4 is 5.84 Å². The summed E-state index contributed by atoms with van der Waals surface area (Å²) in [5, 5.41) is 15.9. The highest BCUT2D eigenvalue weighted by Gasteiger charge is 2.13. The zero-order valence-corrected chi connectivity index (χ0v) is 9.65. The number of oxime groups is 1. The zero-order chi connectivity index (χ0) is 11.6. The number of nitrogens with zero attached hydrogens (tertiary/aromatic N) is 3. The summed E-state index contributed by atoms with van der Waals surface area (Å²) in [7, 11) is 0. The van der Waals surface area contributed by atoms with Gasteiger partial charge in [-0.05, 0) is 26.3 Å². The predicted molar refractivity (Wildman–Crippen MR) is 59.0 cm³/mol. The van der Waals surface area contributed by atoms with Crippen LogP contribution in [0.2, 0.25) is 0 Å². The summed E-state index contributed by atoms with van der Waals surface area (Å²) in [5.74, 6) is 0.215. The first-order valence-corrected chi connectivity index (χ1v) is 4.95. The van der Waals surface area contributed by atoms with Crippen molar-refractivity contribution < 1.29 is 5.21 Å². The molecule has 1 rings (SSSR count). The molecule has 1 unspecified atom stereocenters. The van der Waals surface area contributed by atoms with E-state index in [0.717, 1.165) is 11.4 Å². The van der Waals surface area contributed by atoms with Gasteiger partial charge in [0, 0.05) is 11.6 Å². The van der Waals surface area contributed by atoms with Gasteiger partial charge in [-0.15, -0.1) is 0 Å². The minimum Gasteiger partial charge on any atom is -0.409 e. The molecule has 0 aromatic carbocycles. The Bertz CT molecular complexity index is 381. The fourth-order valence-electron chi connectivity index (χ4n) is 1.42. The van der Waals surface area contributed by atoms with Crippen molar-refractivity contribution in [1.82, 2.24) is 9.78 Å². The van der Waals surface area contributed by atoms with Gasteiger partial charge in [-0.1, -0.05) is 12.1 Å². The number of aromatic nitrogens is 2. The van der Waals surface area contributed by atoms with E-state index >= 15 is 0 Å². The maximum absolute atomic E-state index is 8.55. The lowest BCUT2D eigenvalue weighted by Gasteiger charge is -2.11. The summed E-state index contributed by atoms with van der Waals surface area (Å²) < 4.78 is 1.90. The molecule has 1 atom stereocenters. The van der Waals surface area contributed by atoms with Gasteiger partial charge in [0.2, 0.25) is 0 Å². The topological polar surface area (TPSA) is 76.4 Å². The zero-order valence-electron chi connectivity index (χ0n) is 9.65. The molecule has 3 N–H and O–H groups in total. The van der Waals surface area contributed by atoms with Crippen LogP contribution in [0.4, 0.5) is 0 Å². The fourth-order valence-corrected chi connectivity index (χ4v) is 1.42. The molecular weight excluding hydrogens is 192 g/mol. The number of rotatable bonds is 3. The van der Waals surface area contributed by atoms with E-state index in [-0.39, 0.29) is 11.8 Å². The Balaban J connectivity index is 2.86. The summed E-state index contributed by atoms with van der Waals surface area (Å²) in [5.41, 5.74) is 8.87. The van der Waals surface area contributed by atoms with Crippen molar-refractivity contribution in [3.63, 3.8) is 0 Å². The van der Waals surface area contributed by atoms with Crippen molar-refractivity contribution in [2.75, 3.05) is 0 Å². The van der Waals surface area contributed by atoms with E-state index in [9.17, 15) is 0 Å². The van der Waals surface area contributed by atoms with E-state index in [1.54, 1.807) is 0 Å². The largest absolute Gasteiger partial charge is 0.409 e. The maximum atomic E-state index is 8.55. The van der Waals surface area contributed by atoms with Crippen LogP contribution in [0, 0.1) is 26.7 Å². The van der Waals surface area contributed by atoms with E-state index in [4.69, 9.17) is 10.9 Å². The fraction of sp³-hybridized carbons (Fsp3) is 0.600. The first-order valence-electron chi connectivity index (χ1n) is 4.95. The Morgan fingerprint density at radius 2 is 2.13 bits per heavy atom. The van der Waals surface area contributed by atoms with Crippen molar-refractivity contribution in [3.8, 4) is 0 Å². The van der Waals surface area contributed by atoms with E-state index in [2.05, 4.69) is 10.3 Å². The Morgan fingerprint density at radius 3 is 2.53 bits per heavy atom. The lowest BCUT2D eigenvalue weighted by atomic mass is 10.1. The lowest BCUT2D eigenvalue weighted by Crippen LogP contribution is -2.26. The van der Waals surface area contributed by atoms with Gasteiger partial charge in [0.1, 0.15) is 5.84 Å². The summed E-state index contributed by atoms with van der Waals surface area (Å²) in [6, 6.07) is 0. The monoisotopic (exact) mass is 210 g/mol. The third-order valence-electron chi connectivity index (χ3n) is 2.81. The van der Waals surface area contributed by atoms with Gasteiger partial charge in [-0.3, -0.25) is 4.68 Å². The molecule has 0 aliphatic heterocycles. The van der Waals surface area contributed by atoms with Crippen molar-refractivity contribution in [3.05, 3.63) is 17.0 Å². The molecule has 1 aromatic heterocycles. The van der Waals surface area contributed by atoms with E-state index in [1.165, 1.54) is 5.56 Å². The molecule has 5 heteroatoms. The SMILES string of the molecule is Cc1nn(CC(C)C(N)=NO)c(C)c1C. The summed E-state index contributed by atoms with van der Waals surface area (Å²) in [6.45, 7) is 8.58. The first-order chi connectivity index (χ1) is 6.97. The van der Waals surface area contributed by atoms with Crippen LogP contribution in [0.25, 0.3) is 0 Å². The van der Waals surface area contributed by atoms with Crippen LogP contribution >= 0.6 is 0 Å². The summed E-state index contributed by atoms with van der Waals surface area (Å²) in [6.07, 6.45) is 0. The normalized spacial score (nSPS) is 14.3. The highest BCUT2D eigenvalue weighted by Crippen LogP contribution is 2.12. The average molecular weight is 210 g/mol. The van der Waals surface area contributed by atoms with Gasteiger partial charge < -0.3 is 10.9 Å². The average Bonchev–Trinajstić information content (AvgIpc) is 2.45. The molecule has 5 nitrogen and oxygen atoms in total. The van der Waals surface area contributed by atoms with Gasteiger partial charge in [0.25, 0.3) is 0 Å². The Hall–Kier alpha value is -1.52. The number of aryl methyl sites for hydroxylation is 1. The van der Waals surface area contributed by atoms with Crippen LogP contribution in [0.15, 0.2) is 5.16 Å². The molecule has 15 heavy (non-hydrogen) atoms. The molecule has 0 bridgehead atoms. The van der Waals surface area contributed by atoms with Crippen molar-refractivity contribution in [2.24, 2.45) is 16.8 Å². The van der Waals surface area contributed by atoms with Gasteiger partial charge in [0.15, 0.2) is 0 Å². The van der Waals surface area contributed by atoms with E-state index in [1.807, 2.05) is 32.4 Å². The quantitative estimate of drug-likeness (QED) is 0.340. The standard InChI is InChI=1S/C10H18N4O/c1-6(10(11)13-15)5-14-9(4)7(2)8(3)12-14/h6,15H,5H2,1-4H3,(H2,11,13). The molecule has 0 saturated carbocycles. The summed E-state index contributed by atoms with van der Waals surface area (Å²) in [4.78, 5) is 0. The molecule has 0 saturated heterocycles. The smallest absolute Gasteiger partial charge is 0.143 e. The van der Waals surface area contributed by atoms with E-state index < -0.39 is 0 Å². The molecule has 1 aromatic rings. The predicted octanol–water partition coefficient (Wildman–Crippen LogP) is 1.19. The molecule has 1 heterocycles.